The molecule has 4 nitrogen and oxygen atoms in total. The van der Waals surface area contributed by atoms with Crippen molar-refractivity contribution in [3.8, 4) is 0 Å². The molecule has 0 fully saturated rings. The Balaban J connectivity index is 2.30. The number of dihydropyridines is 1. The molecule has 2 N–H and O–H groups in total. The van der Waals surface area contributed by atoms with E-state index in [1.807, 2.05) is 12.3 Å². The maximum absolute atomic E-state index is 11.0. The minimum Gasteiger partial charge on any atom is -0.351 e. The Morgan fingerprint density at radius 1 is 1.69 bits per heavy atom. The Morgan fingerprint density at radius 3 is 3.31 bits per heavy atom. The van der Waals surface area contributed by atoms with Crippen LogP contribution in [0.3, 0.4) is 0 Å². The van der Waals surface area contributed by atoms with Gasteiger partial charge in [-0.05, 0) is 12.0 Å². The maximum Gasteiger partial charge on any atom is 0.320 e. The third-order valence-corrected chi connectivity index (χ3v) is 2.20. The number of allylic oxidation sites excluding steroid dienone is 2. The Labute approximate surface area is 76.4 Å². The van der Waals surface area contributed by atoms with Gasteiger partial charge in [-0.15, -0.1) is 0 Å². The van der Waals surface area contributed by atoms with Crippen molar-refractivity contribution in [1.82, 2.24) is 4.90 Å². The van der Waals surface area contributed by atoms with Gasteiger partial charge in [0.2, 0.25) is 0 Å². The van der Waals surface area contributed by atoms with Crippen LogP contribution in [-0.4, -0.2) is 23.3 Å². The second-order valence-electron chi connectivity index (χ2n) is 3.05. The molecule has 2 aliphatic rings. The molecule has 2 rings (SSSR count). The van der Waals surface area contributed by atoms with Crippen LogP contribution in [0.5, 0.6) is 0 Å². The summed E-state index contributed by atoms with van der Waals surface area (Å²) in [5, 5.41) is 0. The molecular formula is C9H11N3O. The largest absolute Gasteiger partial charge is 0.351 e. The van der Waals surface area contributed by atoms with E-state index in [9.17, 15) is 4.79 Å². The minimum atomic E-state index is -0.453. The van der Waals surface area contributed by atoms with Crippen molar-refractivity contribution in [2.75, 3.05) is 0 Å². The first-order valence-electron chi connectivity index (χ1n) is 4.24. The fourth-order valence-electron chi connectivity index (χ4n) is 1.58. The molecule has 2 amide bonds. The first-order chi connectivity index (χ1) is 6.29. The lowest BCUT2D eigenvalue weighted by molar-refractivity contribution is 0.214. The maximum atomic E-state index is 11.0. The van der Waals surface area contributed by atoms with Crippen LogP contribution in [0.2, 0.25) is 0 Å². The van der Waals surface area contributed by atoms with Gasteiger partial charge in [0.1, 0.15) is 0 Å². The van der Waals surface area contributed by atoms with Crippen molar-refractivity contribution in [1.29, 1.82) is 0 Å². The third-order valence-electron chi connectivity index (χ3n) is 2.20. The van der Waals surface area contributed by atoms with Gasteiger partial charge in [-0.2, -0.15) is 0 Å². The number of rotatable bonds is 0. The lowest BCUT2D eigenvalue weighted by Crippen LogP contribution is -2.42. The highest BCUT2D eigenvalue weighted by molar-refractivity contribution is 5.75. The molecule has 2 aliphatic heterocycles. The fourth-order valence-corrected chi connectivity index (χ4v) is 1.58. The summed E-state index contributed by atoms with van der Waals surface area (Å²) < 4.78 is 0. The topological polar surface area (TPSA) is 58.7 Å². The van der Waals surface area contributed by atoms with Gasteiger partial charge in [0.15, 0.2) is 6.17 Å². The zero-order valence-corrected chi connectivity index (χ0v) is 7.18. The van der Waals surface area contributed by atoms with Gasteiger partial charge in [-0.1, -0.05) is 12.2 Å². The van der Waals surface area contributed by atoms with E-state index in [-0.39, 0.29) is 6.17 Å². The number of urea groups is 1. The standard InChI is InChI=1S/C9H11N3O/c10-9(13)12-6-2-4-7-3-1-5-11-8(7)12/h2-3,5-6,8H,1,4H2,(H2,10,13). The molecule has 0 saturated heterocycles. The number of aliphatic imine (C=N–C) groups is 1. The molecule has 13 heavy (non-hydrogen) atoms. The first-order valence-corrected chi connectivity index (χ1v) is 4.24. The number of nitrogens with two attached hydrogens (primary N) is 1. The summed E-state index contributed by atoms with van der Waals surface area (Å²) in [6, 6.07) is -0.453. The molecule has 0 aromatic rings. The molecular weight excluding hydrogens is 166 g/mol. The summed E-state index contributed by atoms with van der Waals surface area (Å²) in [5.41, 5.74) is 6.37. The van der Waals surface area contributed by atoms with Gasteiger partial charge < -0.3 is 5.73 Å². The van der Waals surface area contributed by atoms with Gasteiger partial charge in [0, 0.05) is 18.8 Å². The third kappa shape index (κ3) is 1.35. The monoisotopic (exact) mass is 177 g/mol. The number of hydrogen-bond acceptors (Lipinski definition) is 2. The zero-order chi connectivity index (χ0) is 9.26. The molecule has 0 bridgehead atoms. The summed E-state index contributed by atoms with van der Waals surface area (Å²) in [5.74, 6) is 0. The van der Waals surface area contributed by atoms with Gasteiger partial charge in [-0.25, -0.2) is 4.79 Å². The van der Waals surface area contributed by atoms with E-state index in [1.54, 1.807) is 6.20 Å². The average Bonchev–Trinajstić information content (AvgIpc) is 2.17. The summed E-state index contributed by atoms with van der Waals surface area (Å²) >= 11 is 0. The Bertz CT molecular complexity index is 317. The molecule has 0 spiro atoms. The van der Waals surface area contributed by atoms with Crippen LogP contribution in [0.4, 0.5) is 4.79 Å². The summed E-state index contributed by atoms with van der Waals surface area (Å²) in [7, 11) is 0. The van der Waals surface area contributed by atoms with Crippen molar-refractivity contribution in [3.63, 3.8) is 0 Å². The normalized spacial score (nSPS) is 25.4. The smallest absolute Gasteiger partial charge is 0.320 e. The quantitative estimate of drug-likeness (QED) is 0.551. The Kier molecular flexibility index (Phi) is 1.88. The Morgan fingerprint density at radius 2 is 2.54 bits per heavy atom. The van der Waals surface area contributed by atoms with E-state index in [4.69, 9.17) is 5.73 Å². The van der Waals surface area contributed by atoms with Crippen molar-refractivity contribution in [2.45, 2.75) is 19.0 Å². The SMILES string of the molecule is NC(=O)N1C=CCC2=CCC=NC21. The van der Waals surface area contributed by atoms with Crippen LogP contribution in [0.15, 0.2) is 28.9 Å². The molecule has 68 valence electrons. The zero-order valence-electron chi connectivity index (χ0n) is 7.18. The lowest BCUT2D eigenvalue weighted by Gasteiger charge is -2.30. The highest BCUT2D eigenvalue weighted by atomic mass is 16.2. The van der Waals surface area contributed by atoms with Gasteiger partial charge in [0.05, 0.1) is 0 Å². The summed E-state index contributed by atoms with van der Waals surface area (Å²) in [6.07, 6.45) is 9.07. The molecule has 1 unspecified atom stereocenters. The fraction of sp³-hybridized carbons (Fsp3) is 0.333. The first kappa shape index (κ1) is 8.04. The number of carbonyl (C=O) groups is 1. The van der Waals surface area contributed by atoms with Crippen LogP contribution in [0.25, 0.3) is 0 Å². The number of amides is 2. The van der Waals surface area contributed by atoms with Gasteiger partial charge in [0.25, 0.3) is 0 Å². The van der Waals surface area contributed by atoms with Crippen molar-refractivity contribution < 1.29 is 4.79 Å². The van der Waals surface area contributed by atoms with Gasteiger partial charge in [-0.3, -0.25) is 9.89 Å². The molecule has 0 aromatic heterocycles. The van der Waals surface area contributed by atoms with E-state index >= 15 is 0 Å². The van der Waals surface area contributed by atoms with Crippen LogP contribution >= 0.6 is 0 Å². The molecule has 2 heterocycles. The predicted octanol–water partition coefficient (Wildman–Crippen LogP) is 1.01. The van der Waals surface area contributed by atoms with Crippen molar-refractivity contribution in [3.05, 3.63) is 23.9 Å². The predicted molar refractivity (Wildman–Crippen MR) is 50.2 cm³/mol. The number of primary amides is 1. The van der Waals surface area contributed by atoms with E-state index in [0.29, 0.717) is 0 Å². The molecule has 0 aromatic carbocycles. The van der Waals surface area contributed by atoms with Crippen molar-refractivity contribution in [2.24, 2.45) is 10.7 Å². The van der Waals surface area contributed by atoms with Crippen LogP contribution in [0, 0.1) is 0 Å². The summed E-state index contributed by atoms with van der Waals surface area (Å²) in [6.45, 7) is 0. The van der Waals surface area contributed by atoms with E-state index in [2.05, 4.69) is 11.1 Å². The van der Waals surface area contributed by atoms with E-state index in [1.165, 1.54) is 4.90 Å². The summed E-state index contributed by atoms with van der Waals surface area (Å²) in [4.78, 5) is 16.7. The number of carbonyl (C=O) groups excluding carboxylic acids is 1. The number of hydrogen-bond donors (Lipinski definition) is 1. The highest BCUT2D eigenvalue weighted by Crippen LogP contribution is 2.24. The Hall–Kier alpha value is -1.58. The lowest BCUT2D eigenvalue weighted by atomic mass is 10.0. The second kappa shape index (κ2) is 3.05. The van der Waals surface area contributed by atoms with Gasteiger partial charge >= 0.3 is 6.03 Å². The second-order valence-corrected chi connectivity index (χ2v) is 3.05. The molecule has 0 aliphatic carbocycles. The number of fused-ring (bicyclic) bond motifs is 1. The van der Waals surface area contributed by atoms with Crippen molar-refractivity contribution >= 4 is 12.2 Å². The molecule has 0 saturated carbocycles. The highest BCUT2D eigenvalue weighted by Gasteiger charge is 2.25. The van der Waals surface area contributed by atoms with Crippen LogP contribution < -0.4 is 5.73 Å². The van der Waals surface area contributed by atoms with Crippen LogP contribution in [-0.2, 0) is 0 Å². The molecule has 1 atom stereocenters. The van der Waals surface area contributed by atoms with E-state index in [0.717, 1.165) is 18.4 Å². The van der Waals surface area contributed by atoms with E-state index < -0.39 is 6.03 Å². The van der Waals surface area contributed by atoms with Crippen LogP contribution in [0.1, 0.15) is 12.8 Å². The molecule has 4 heteroatoms. The minimum absolute atomic E-state index is 0.184. The average molecular weight is 177 g/mol. The number of nitrogens with zero attached hydrogens (tertiary/aromatic N) is 2. The molecule has 0 radical (unpaired) electrons.